The van der Waals surface area contributed by atoms with Crippen LogP contribution in [0.2, 0.25) is 78.6 Å². The first kappa shape index (κ1) is 43.5. The van der Waals surface area contributed by atoms with Gasteiger partial charge in [-0.05, 0) is 96.8 Å². The lowest BCUT2D eigenvalue weighted by atomic mass is 9.99. The van der Waals surface area contributed by atoms with Gasteiger partial charge in [0.25, 0.3) is 0 Å². The minimum atomic E-state index is -2.22. The van der Waals surface area contributed by atoms with Gasteiger partial charge in [0, 0.05) is 11.1 Å². The fourth-order valence-corrected chi connectivity index (χ4v) is 9.92. The number of hydrogen-bond acceptors (Lipinski definition) is 12. The Morgan fingerprint density at radius 2 is 1.30 bits per heavy atom. The third kappa shape index (κ3) is 12.7. The van der Waals surface area contributed by atoms with Crippen LogP contribution in [-0.4, -0.2) is 105 Å². The SMILES string of the molecule is COC(=O)Nc1nc2cc(C(=O)c3ccccc3)ccc2n1COC(=O)OCC1OC(O[Si](C)(C)C)C(O[Si](C)(C)C)C(O[Si](C)(C)C)C1O[Si](C)(C)C. The van der Waals surface area contributed by atoms with Crippen molar-refractivity contribution < 1.29 is 51.0 Å². The van der Waals surface area contributed by atoms with Gasteiger partial charge in [0.05, 0.1) is 18.1 Å². The summed E-state index contributed by atoms with van der Waals surface area (Å²) in [5.41, 5.74) is 1.80. The second kappa shape index (κ2) is 17.3. The number of anilines is 1. The highest BCUT2D eigenvalue weighted by Crippen LogP contribution is 2.35. The molecule has 298 valence electrons. The first-order chi connectivity index (χ1) is 24.9. The van der Waals surface area contributed by atoms with Crippen LogP contribution in [0.1, 0.15) is 15.9 Å². The number of benzene rings is 2. The van der Waals surface area contributed by atoms with Gasteiger partial charge in [-0.3, -0.25) is 14.7 Å². The van der Waals surface area contributed by atoms with Gasteiger partial charge in [-0.25, -0.2) is 14.6 Å². The highest BCUT2D eigenvalue weighted by Gasteiger charge is 2.53. The zero-order valence-electron chi connectivity index (χ0n) is 33.8. The Bertz CT molecular complexity index is 1770. The Hall–Kier alpha value is -3.21. The molecule has 1 aromatic heterocycles. The number of nitrogens with one attached hydrogen (secondary N) is 1. The molecule has 0 aliphatic carbocycles. The van der Waals surface area contributed by atoms with Crippen molar-refractivity contribution in [2.75, 3.05) is 19.0 Å². The fraction of sp³-hybridized carbons (Fsp3) is 0.556. The highest BCUT2D eigenvalue weighted by molar-refractivity contribution is 6.71. The van der Waals surface area contributed by atoms with Crippen molar-refractivity contribution in [3.63, 3.8) is 0 Å². The number of rotatable bonds is 15. The van der Waals surface area contributed by atoms with E-state index in [1.165, 1.54) is 11.7 Å². The molecule has 54 heavy (non-hydrogen) atoms. The number of methoxy groups -OCH3 is 1. The molecule has 5 atom stereocenters. The number of carbonyl (C=O) groups is 3. The van der Waals surface area contributed by atoms with E-state index in [0.29, 0.717) is 22.2 Å². The molecular formula is C36H57N3O11Si4. The number of nitrogens with zero attached hydrogens (tertiary/aromatic N) is 2. The summed E-state index contributed by atoms with van der Waals surface area (Å²) < 4.78 is 51.1. The minimum absolute atomic E-state index is 0.0410. The molecule has 0 radical (unpaired) electrons. The predicted molar refractivity (Wildman–Crippen MR) is 216 cm³/mol. The lowest BCUT2D eigenvalue weighted by Crippen LogP contribution is -2.67. The topological polar surface area (TPSA) is 155 Å². The van der Waals surface area contributed by atoms with Crippen LogP contribution in [0, 0.1) is 0 Å². The van der Waals surface area contributed by atoms with Crippen LogP contribution in [0.3, 0.4) is 0 Å². The van der Waals surface area contributed by atoms with Crippen molar-refractivity contribution in [2.45, 2.75) is 116 Å². The van der Waals surface area contributed by atoms with Crippen molar-refractivity contribution >= 4 is 68.3 Å². The monoisotopic (exact) mass is 819 g/mol. The Labute approximate surface area is 322 Å². The van der Waals surface area contributed by atoms with Crippen LogP contribution < -0.4 is 5.32 Å². The zero-order chi connectivity index (χ0) is 40.2. The van der Waals surface area contributed by atoms with E-state index in [-0.39, 0.29) is 25.1 Å². The quantitative estimate of drug-likeness (QED) is 0.0904. The van der Waals surface area contributed by atoms with Crippen LogP contribution in [0.5, 0.6) is 0 Å². The first-order valence-corrected chi connectivity index (χ1v) is 31.7. The van der Waals surface area contributed by atoms with E-state index in [9.17, 15) is 14.4 Å². The Kier molecular flexibility index (Phi) is 13.9. The second-order valence-corrected chi connectivity index (χ2v) is 34.9. The summed E-state index contributed by atoms with van der Waals surface area (Å²) in [6, 6.07) is 13.8. The summed E-state index contributed by atoms with van der Waals surface area (Å²) in [6.07, 6.45) is -5.04. The van der Waals surface area contributed by atoms with Crippen LogP contribution in [0.25, 0.3) is 11.0 Å². The number of fused-ring (bicyclic) bond motifs is 1. The maximum atomic E-state index is 13.3. The number of carbonyl (C=O) groups excluding carboxylic acids is 3. The van der Waals surface area contributed by atoms with E-state index >= 15 is 0 Å². The van der Waals surface area contributed by atoms with Crippen LogP contribution >= 0.6 is 0 Å². The molecule has 4 rings (SSSR count). The van der Waals surface area contributed by atoms with Crippen molar-refractivity contribution in [3.05, 3.63) is 59.7 Å². The summed E-state index contributed by atoms with van der Waals surface area (Å²) in [4.78, 5) is 43.1. The number of ketones is 1. The minimum Gasteiger partial charge on any atom is -0.453 e. The average Bonchev–Trinajstić information content (AvgIpc) is 3.39. The number of ether oxygens (including phenoxy) is 4. The Balaban J connectivity index is 1.59. The molecule has 0 bridgehead atoms. The van der Waals surface area contributed by atoms with E-state index in [4.69, 9.17) is 36.7 Å². The number of aromatic nitrogens is 2. The molecule has 1 N–H and O–H groups in total. The third-order valence-corrected chi connectivity index (χ3v) is 11.5. The standard InChI is InChI=1S/C36H57N3O11Si4/c1-43-35(41)38-34-37-26-21-25(29(40)24-17-15-14-16-18-24)19-20-27(26)39(34)23-45-36(42)44-22-28-30(47-51(2,3)4)31(48-52(5,6)7)32(49-53(8,9)10)33(46-28)50-54(11,12)13/h14-21,28,30-33H,22-23H2,1-13H3,(H,37,38,41). The molecular weight excluding hydrogens is 763 g/mol. The molecule has 1 aliphatic rings. The normalized spacial score (nSPS) is 21.1. The molecule has 0 spiro atoms. The third-order valence-electron chi connectivity index (χ3n) is 7.65. The number of imidazole rings is 1. The summed E-state index contributed by atoms with van der Waals surface area (Å²) in [5.74, 6) is -0.150. The summed E-state index contributed by atoms with van der Waals surface area (Å²) in [5, 5.41) is 2.54. The molecule has 0 saturated carbocycles. The first-order valence-electron chi connectivity index (χ1n) is 18.0. The molecule has 1 amide bonds. The Morgan fingerprint density at radius 3 is 1.87 bits per heavy atom. The van der Waals surface area contributed by atoms with Crippen LogP contribution in [0.15, 0.2) is 48.5 Å². The van der Waals surface area contributed by atoms with E-state index in [2.05, 4.69) is 88.9 Å². The van der Waals surface area contributed by atoms with Crippen molar-refractivity contribution in [2.24, 2.45) is 0 Å². The van der Waals surface area contributed by atoms with E-state index in [1.54, 1.807) is 42.5 Å². The van der Waals surface area contributed by atoms with Gasteiger partial charge in [-0.15, -0.1) is 0 Å². The molecule has 18 heteroatoms. The van der Waals surface area contributed by atoms with Gasteiger partial charge in [0.1, 0.15) is 31.0 Å². The van der Waals surface area contributed by atoms with Gasteiger partial charge in [-0.1, -0.05) is 30.3 Å². The van der Waals surface area contributed by atoms with Crippen molar-refractivity contribution in [1.82, 2.24) is 9.55 Å². The second-order valence-electron chi connectivity index (χ2n) is 17.1. The van der Waals surface area contributed by atoms with E-state index in [0.717, 1.165) is 0 Å². The maximum absolute atomic E-state index is 13.3. The molecule has 1 fully saturated rings. The molecule has 3 aromatic rings. The summed E-state index contributed by atoms with van der Waals surface area (Å²) in [6.45, 7) is 24.6. The molecule has 1 saturated heterocycles. The smallest absolute Gasteiger partial charge is 0.453 e. The predicted octanol–water partition coefficient (Wildman–Crippen LogP) is 7.79. The van der Waals surface area contributed by atoms with Crippen molar-refractivity contribution in [3.8, 4) is 0 Å². The molecule has 1 aliphatic heterocycles. The lowest BCUT2D eigenvalue weighted by molar-refractivity contribution is -0.269. The largest absolute Gasteiger partial charge is 0.510 e. The Morgan fingerprint density at radius 1 is 0.722 bits per heavy atom. The highest BCUT2D eigenvalue weighted by atomic mass is 28.4. The number of hydrogen-bond donors (Lipinski definition) is 1. The van der Waals surface area contributed by atoms with Crippen LogP contribution in [0.4, 0.5) is 15.5 Å². The molecule has 2 heterocycles. The lowest BCUT2D eigenvalue weighted by Gasteiger charge is -2.51. The summed E-state index contributed by atoms with van der Waals surface area (Å²) in [7, 11) is -7.49. The van der Waals surface area contributed by atoms with Gasteiger partial charge < -0.3 is 36.7 Å². The van der Waals surface area contributed by atoms with E-state index in [1.807, 2.05) is 6.07 Å². The maximum Gasteiger partial charge on any atom is 0.510 e. The zero-order valence-corrected chi connectivity index (χ0v) is 37.8. The fourth-order valence-electron chi connectivity index (χ4n) is 5.79. The molecule has 14 nitrogen and oxygen atoms in total. The van der Waals surface area contributed by atoms with Crippen molar-refractivity contribution in [1.29, 1.82) is 0 Å². The van der Waals surface area contributed by atoms with Gasteiger partial charge in [0.2, 0.25) is 5.95 Å². The van der Waals surface area contributed by atoms with Gasteiger partial charge in [0.15, 0.2) is 52.1 Å². The molecule has 2 aromatic carbocycles. The van der Waals surface area contributed by atoms with Crippen LogP contribution in [-0.2, 0) is 43.4 Å². The summed E-state index contributed by atoms with van der Waals surface area (Å²) >= 11 is 0. The number of amides is 1. The van der Waals surface area contributed by atoms with Gasteiger partial charge >= 0.3 is 12.2 Å². The average molecular weight is 820 g/mol. The van der Waals surface area contributed by atoms with Gasteiger partial charge in [-0.2, -0.15) is 0 Å². The van der Waals surface area contributed by atoms with E-state index < -0.39 is 76.2 Å². The molecule has 5 unspecified atom stereocenters.